The zero-order chi connectivity index (χ0) is 21.9. The largest absolute Gasteiger partial charge is 0.392 e. The minimum absolute atomic E-state index is 0.00444. The third-order valence-corrected chi connectivity index (χ3v) is 7.59. The molecule has 0 saturated carbocycles. The molecule has 6 heteroatoms. The number of nitrogens with one attached hydrogen (secondary N) is 1. The normalized spacial score (nSPS) is 24.3. The number of aliphatic hydroxyl groups is 1. The zero-order valence-electron chi connectivity index (χ0n) is 18.4. The molecule has 30 heavy (non-hydrogen) atoms. The molecule has 5 nitrogen and oxygen atoms in total. The number of allylic oxidation sites excluding steroid dienone is 2. The first-order valence-corrected chi connectivity index (χ1v) is 12.7. The number of dihydropyridines is 1. The van der Waals surface area contributed by atoms with Gasteiger partial charge in [-0.1, -0.05) is 43.7 Å². The van der Waals surface area contributed by atoms with Gasteiger partial charge in [0.05, 0.1) is 18.9 Å². The summed E-state index contributed by atoms with van der Waals surface area (Å²) in [6.07, 6.45) is 11.2. The third-order valence-electron chi connectivity index (χ3n) is 6.29. The van der Waals surface area contributed by atoms with Gasteiger partial charge in [0.2, 0.25) is 10.0 Å². The number of benzene rings is 1. The van der Waals surface area contributed by atoms with Crippen LogP contribution < -0.4 is 5.32 Å². The van der Waals surface area contributed by atoms with Crippen LogP contribution >= 0.6 is 0 Å². The molecule has 3 aliphatic rings. The summed E-state index contributed by atoms with van der Waals surface area (Å²) in [7, 11) is -3.14. The van der Waals surface area contributed by atoms with Crippen molar-refractivity contribution >= 4 is 16.1 Å². The van der Waals surface area contributed by atoms with E-state index in [2.05, 4.69) is 42.6 Å². The molecule has 2 atom stereocenters. The van der Waals surface area contributed by atoms with Gasteiger partial charge in [0.15, 0.2) is 0 Å². The van der Waals surface area contributed by atoms with E-state index < -0.39 is 10.0 Å². The van der Waals surface area contributed by atoms with Gasteiger partial charge in [-0.25, -0.2) is 12.7 Å². The van der Waals surface area contributed by atoms with Crippen molar-refractivity contribution in [2.24, 2.45) is 5.92 Å². The van der Waals surface area contributed by atoms with Crippen LogP contribution in [0.5, 0.6) is 0 Å². The summed E-state index contributed by atoms with van der Waals surface area (Å²) in [5.74, 6) is 0.604. The van der Waals surface area contributed by atoms with Gasteiger partial charge in [0.25, 0.3) is 0 Å². The molecule has 0 bridgehead atoms. The summed E-state index contributed by atoms with van der Waals surface area (Å²) < 4.78 is 25.5. The van der Waals surface area contributed by atoms with E-state index in [0.29, 0.717) is 19.0 Å². The number of fused-ring (bicyclic) bond motifs is 2. The smallest absolute Gasteiger partial charge is 0.211 e. The highest BCUT2D eigenvalue weighted by atomic mass is 32.2. The summed E-state index contributed by atoms with van der Waals surface area (Å²) >= 11 is 0. The van der Waals surface area contributed by atoms with Gasteiger partial charge in [-0.05, 0) is 66.3 Å². The highest BCUT2D eigenvalue weighted by molar-refractivity contribution is 7.88. The Morgan fingerprint density at radius 1 is 1.20 bits per heavy atom. The van der Waals surface area contributed by atoms with Crippen molar-refractivity contribution in [3.63, 3.8) is 0 Å². The number of piperidine rings is 1. The lowest BCUT2D eigenvalue weighted by molar-refractivity contribution is 0.228. The molecule has 2 N–H and O–H groups in total. The predicted molar refractivity (Wildman–Crippen MR) is 124 cm³/mol. The van der Waals surface area contributed by atoms with Crippen LogP contribution in [0.1, 0.15) is 49.3 Å². The van der Waals surface area contributed by atoms with E-state index in [1.165, 1.54) is 17.4 Å². The quantitative estimate of drug-likeness (QED) is 0.769. The minimum Gasteiger partial charge on any atom is -0.392 e. The molecule has 1 aromatic carbocycles. The molecule has 2 unspecified atom stereocenters. The summed E-state index contributed by atoms with van der Waals surface area (Å²) in [6, 6.07) is 6.64. The molecular formula is C24H34N2O3S. The molecule has 0 amide bonds. The Bertz CT molecular complexity index is 955. The van der Waals surface area contributed by atoms with Crippen LogP contribution in [0.4, 0.5) is 0 Å². The van der Waals surface area contributed by atoms with Crippen molar-refractivity contribution in [3.8, 4) is 0 Å². The van der Waals surface area contributed by atoms with Gasteiger partial charge in [-0.2, -0.15) is 0 Å². The summed E-state index contributed by atoms with van der Waals surface area (Å²) in [5.41, 5.74) is 5.73. The Kier molecular flexibility index (Phi) is 7.22. The van der Waals surface area contributed by atoms with E-state index in [1.54, 1.807) is 4.31 Å². The maximum atomic E-state index is 11.9. The molecule has 1 aliphatic carbocycles. The number of nitrogens with zero attached hydrogens (tertiary/aromatic N) is 1. The fraction of sp³-hybridized carbons (Fsp3) is 0.500. The van der Waals surface area contributed by atoms with Gasteiger partial charge < -0.3 is 10.4 Å². The Labute approximate surface area is 181 Å². The standard InChI is InChI=1S/C22H28N2O3S.C2H6/c1-15-5-6-19-17(12-15)13-18(14-25)20-4-3-9-23-22(20)21(19)16-7-10-24(11-8-16)28(2,26)27;1-2/h3-6,9,12-13,16,21-23,25H,7-8,10-11,14H2,1-2H3;1-2H3. The highest BCUT2D eigenvalue weighted by Crippen LogP contribution is 2.44. The first-order valence-electron chi connectivity index (χ1n) is 10.9. The van der Waals surface area contributed by atoms with E-state index in [9.17, 15) is 13.5 Å². The lowest BCUT2D eigenvalue weighted by atomic mass is 9.73. The van der Waals surface area contributed by atoms with Gasteiger partial charge >= 0.3 is 0 Å². The predicted octanol–water partition coefficient (Wildman–Crippen LogP) is 3.58. The molecule has 0 spiro atoms. The summed E-state index contributed by atoms with van der Waals surface area (Å²) in [4.78, 5) is 0. The summed E-state index contributed by atoms with van der Waals surface area (Å²) in [5, 5.41) is 13.6. The first-order chi connectivity index (χ1) is 14.4. The number of rotatable bonds is 3. The third kappa shape index (κ3) is 4.56. The van der Waals surface area contributed by atoms with E-state index in [1.807, 2.05) is 26.1 Å². The monoisotopic (exact) mass is 430 g/mol. The number of aryl methyl sites for hydroxylation is 1. The van der Waals surface area contributed by atoms with Crippen LogP contribution in [-0.4, -0.2) is 49.8 Å². The Hall–Kier alpha value is -1.89. The Morgan fingerprint density at radius 3 is 2.53 bits per heavy atom. The van der Waals surface area contributed by atoms with E-state index in [-0.39, 0.29) is 18.6 Å². The van der Waals surface area contributed by atoms with E-state index in [0.717, 1.165) is 29.6 Å². The van der Waals surface area contributed by atoms with Crippen LogP contribution in [-0.2, 0) is 10.0 Å². The van der Waals surface area contributed by atoms with Crippen molar-refractivity contribution in [2.45, 2.75) is 45.6 Å². The molecule has 0 radical (unpaired) electrons. The van der Waals surface area contributed by atoms with Crippen molar-refractivity contribution in [3.05, 3.63) is 64.4 Å². The second kappa shape index (κ2) is 9.50. The summed E-state index contributed by atoms with van der Waals surface area (Å²) in [6.45, 7) is 7.24. The van der Waals surface area contributed by atoms with E-state index in [4.69, 9.17) is 0 Å². The fourth-order valence-electron chi connectivity index (χ4n) is 4.91. The van der Waals surface area contributed by atoms with Crippen molar-refractivity contribution in [1.29, 1.82) is 0 Å². The number of aliphatic hydroxyl groups excluding tert-OH is 1. The second-order valence-electron chi connectivity index (χ2n) is 8.11. The molecule has 1 saturated heterocycles. The maximum Gasteiger partial charge on any atom is 0.211 e. The van der Waals surface area contributed by atoms with E-state index >= 15 is 0 Å². The Morgan fingerprint density at radius 2 is 1.90 bits per heavy atom. The van der Waals surface area contributed by atoms with Crippen LogP contribution in [0.3, 0.4) is 0 Å². The molecule has 2 heterocycles. The Balaban J connectivity index is 0.00000124. The molecule has 164 valence electrons. The number of hydrogen-bond donors (Lipinski definition) is 2. The number of hydrogen-bond acceptors (Lipinski definition) is 4. The second-order valence-corrected chi connectivity index (χ2v) is 10.1. The molecule has 0 aromatic heterocycles. The van der Waals surface area contributed by atoms with Crippen molar-refractivity contribution < 1.29 is 13.5 Å². The highest BCUT2D eigenvalue weighted by Gasteiger charge is 2.39. The molecular weight excluding hydrogens is 396 g/mol. The maximum absolute atomic E-state index is 11.9. The van der Waals surface area contributed by atoms with Gasteiger partial charge in [0, 0.05) is 19.0 Å². The van der Waals surface area contributed by atoms with Gasteiger partial charge in [-0.15, -0.1) is 0 Å². The van der Waals surface area contributed by atoms with Crippen LogP contribution in [0.2, 0.25) is 0 Å². The SMILES string of the molecule is CC.Cc1ccc2c(c1)C=C(CO)C1=CC=CNC1C2C1CCN(S(C)(=O)=O)CC1. The van der Waals surface area contributed by atoms with Gasteiger partial charge in [-0.3, -0.25) is 0 Å². The zero-order valence-corrected chi connectivity index (χ0v) is 19.2. The lowest BCUT2D eigenvalue weighted by Crippen LogP contribution is -2.44. The molecule has 1 aromatic rings. The topological polar surface area (TPSA) is 69.6 Å². The fourth-order valence-corrected chi connectivity index (χ4v) is 5.79. The molecule has 4 rings (SSSR count). The van der Waals surface area contributed by atoms with Crippen molar-refractivity contribution in [1.82, 2.24) is 9.62 Å². The van der Waals surface area contributed by atoms with Crippen LogP contribution in [0, 0.1) is 12.8 Å². The average molecular weight is 431 g/mol. The van der Waals surface area contributed by atoms with Crippen molar-refractivity contribution in [2.75, 3.05) is 26.0 Å². The lowest BCUT2D eigenvalue weighted by Gasteiger charge is -2.40. The van der Waals surface area contributed by atoms with Gasteiger partial charge in [0.1, 0.15) is 0 Å². The number of sulfonamides is 1. The van der Waals surface area contributed by atoms with Crippen LogP contribution in [0.25, 0.3) is 6.08 Å². The first kappa shape index (κ1) is 22.8. The minimum atomic E-state index is -3.14. The average Bonchev–Trinajstić information content (AvgIpc) is 2.88. The van der Waals surface area contributed by atoms with Crippen LogP contribution in [0.15, 0.2) is 47.7 Å². The molecule has 2 aliphatic heterocycles. The molecule has 1 fully saturated rings.